The summed E-state index contributed by atoms with van der Waals surface area (Å²) in [7, 11) is 0. The molecule has 7 nitrogen and oxygen atoms in total. The molecule has 0 aliphatic carbocycles. The van der Waals surface area contributed by atoms with E-state index in [9.17, 15) is 9.90 Å². The van der Waals surface area contributed by atoms with Crippen molar-refractivity contribution in [2.45, 2.75) is 32.4 Å². The van der Waals surface area contributed by atoms with Gasteiger partial charge >= 0.3 is 0 Å². The lowest BCUT2D eigenvalue weighted by molar-refractivity contribution is 0.0296. The van der Waals surface area contributed by atoms with Gasteiger partial charge in [-0.2, -0.15) is 0 Å². The summed E-state index contributed by atoms with van der Waals surface area (Å²) in [5.74, 6) is -0.0241. The zero-order valence-corrected chi connectivity index (χ0v) is 15.2. The first-order chi connectivity index (χ1) is 12.6. The van der Waals surface area contributed by atoms with E-state index in [1.807, 2.05) is 34.6 Å². The number of morpholine rings is 1. The van der Waals surface area contributed by atoms with Crippen molar-refractivity contribution in [3.63, 3.8) is 0 Å². The summed E-state index contributed by atoms with van der Waals surface area (Å²) in [5.41, 5.74) is 3.32. The highest BCUT2D eigenvalue weighted by Gasteiger charge is 2.28. The van der Waals surface area contributed by atoms with Crippen molar-refractivity contribution >= 4 is 11.6 Å². The molecule has 1 N–H and O–H groups in total. The van der Waals surface area contributed by atoms with E-state index >= 15 is 0 Å². The van der Waals surface area contributed by atoms with Crippen molar-refractivity contribution < 1.29 is 14.6 Å². The molecule has 4 rings (SSSR count). The number of carbonyl (C=O) groups excluding carboxylic acids is 1. The number of hydrogen-bond acceptors (Lipinski definition) is 5. The lowest BCUT2D eigenvalue weighted by Crippen LogP contribution is -2.42. The van der Waals surface area contributed by atoms with E-state index in [2.05, 4.69) is 4.90 Å². The Bertz CT molecular complexity index is 797. The second kappa shape index (κ2) is 7.34. The van der Waals surface area contributed by atoms with E-state index < -0.39 is 0 Å². The number of hydrogen-bond donors (Lipinski definition) is 1. The number of fused-ring (bicyclic) bond motifs is 1. The number of imidazole rings is 1. The standard InChI is InChI=1S/C19H26N4O3/c1-14-4-2-7-23-16(13-21-6-3-5-15(24)12-21)17(20-18(14)23)19(25)22-8-10-26-11-9-22/h2,4,7,15,24H,3,5-6,8-13H2,1H3. The fourth-order valence-electron chi connectivity index (χ4n) is 3.88. The molecule has 26 heavy (non-hydrogen) atoms. The summed E-state index contributed by atoms with van der Waals surface area (Å²) >= 11 is 0. The van der Waals surface area contributed by atoms with Gasteiger partial charge < -0.3 is 19.1 Å². The molecule has 2 aromatic rings. The van der Waals surface area contributed by atoms with Crippen LogP contribution in [0.3, 0.4) is 0 Å². The molecule has 0 spiro atoms. The molecular weight excluding hydrogens is 332 g/mol. The van der Waals surface area contributed by atoms with E-state index in [4.69, 9.17) is 9.72 Å². The Balaban J connectivity index is 1.70. The molecule has 140 valence electrons. The van der Waals surface area contributed by atoms with Gasteiger partial charge in [-0.15, -0.1) is 0 Å². The molecule has 2 aliphatic heterocycles. The van der Waals surface area contributed by atoms with Crippen LogP contribution in [-0.4, -0.2) is 75.7 Å². The van der Waals surface area contributed by atoms with Gasteiger partial charge in [0.15, 0.2) is 5.69 Å². The molecule has 1 atom stereocenters. The van der Waals surface area contributed by atoms with Crippen molar-refractivity contribution in [1.29, 1.82) is 0 Å². The molecule has 0 radical (unpaired) electrons. The minimum atomic E-state index is -0.289. The number of likely N-dealkylation sites (tertiary alicyclic amines) is 1. The van der Waals surface area contributed by atoms with Crippen LogP contribution in [0, 0.1) is 6.92 Å². The number of aliphatic hydroxyl groups excluding tert-OH is 1. The fourth-order valence-corrected chi connectivity index (χ4v) is 3.88. The van der Waals surface area contributed by atoms with Crippen LogP contribution in [0.1, 0.15) is 34.6 Å². The number of rotatable bonds is 3. The predicted octanol–water partition coefficient (Wildman–Crippen LogP) is 1.07. The van der Waals surface area contributed by atoms with Crippen LogP contribution in [0.5, 0.6) is 0 Å². The van der Waals surface area contributed by atoms with Crippen LogP contribution < -0.4 is 0 Å². The van der Waals surface area contributed by atoms with Gasteiger partial charge in [-0.1, -0.05) is 6.07 Å². The third-order valence-corrected chi connectivity index (χ3v) is 5.30. The van der Waals surface area contributed by atoms with Gasteiger partial charge in [-0.3, -0.25) is 9.69 Å². The van der Waals surface area contributed by atoms with Crippen molar-refractivity contribution in [2.24, 2.45) is 0 Å². The van der Waals surface area contributed by atoms with Crippen LogP contribution in [0.15, 0.2) is 18.3 Å². The molecule has 2 aliphatic rings. The number of aryl methyl sites for hydroxylation is 1. The highest BCUT2D eigenvalue weighted by molar-refractivity contribution is 5.94. The van der Waals surface area contributed by atoms with E-state index in [0.717, 1.165) is 36.3 Å². The molecule has 2 aromatic heterocycles. The SMILES string of the molecule is Cc1cccn2c(CN3CCCC(O)C3)c(C(=O)N3CCOCC3)nc12. The van der Waals surface area contributed by atoms with Crippen LogP contribution >= 0.6 is 0 Å². The number of ether oxygens (including phenoxy) is 1. The Morgan fingerprint density at radius 3 is 2.92 bits per heavy atom. The molecule has 1 amide bonds. The lowest BCUT2D eigenvalue weighted by atomic mass is 10.1. The van der Waals surface area contributed by atoms with E-state index in [-0.39, 0.29) is 12.0 Å². The zero-order valence-electron chi connectivity index (χ0n) is 15.2. The predicted molar refractivity (Wildman–Crippen MR) is 97.2 cm³/mol. The van der Waals surface area contributed by atoms with Gasteiger partial charge in [0.05, 0.1) is 25.0 Å². The van der Waals surface area contributed by atoms with Crippen LogP contribution in [0.25, 0.3) is 5.65 Å². The topological polar surface area (TPSA) is 70.3 Å². The Labute approximate surface area is 153 Å². The molecule has 7 heteroatoms. The summed E-state index contributed by atoms with van der Waals surface area (Å²) < 4.78 is 7.40. The Morgan fingerprint density at radius 2 is 2.15 bits per heavy atom. The molecular formula is C19H26N4O3. The third-order valence-electron chi connectivity index (χ3n) is 5.30. The Kier molecular flexibility index (Phi) is 4.93. The maximum Gasteiger partial charge on any atom is 0.274 e. The fraction of sp³-hybridized carbons (Fsp3) is 0.579. The number of nitrogens with zero attached hydrogens (tertiary/aromatic N) is 4. The van der Waals surface area contributed by atoms with Gasteiger partial charge in [-0.25, -0.2) is 4.98 Å². The molecule has 2 saturated heterocycles. The monoisotopic (exact) mass is 358 g/mol. The summed E-state index contributed by atoms with van der Waals surface area (Å²) in [6, 6.07) is 4.00. The smallest absolute Gasteiger partial charge is 0.274 e. The first-order valence-corrected chi connectivity index (χ1v) is 9.37. The molecule has 2 fully saturated rings. The Morgan fingerprint density at radius 1 is 1.35 bits per heavy atom. The number of pyridine rings is 1. The highest BCUT2D eigenvalue weighted by atomic mass is 16.5. The van der Waals surface area contributed by atoms with Gasteiger partial charge in [-0.05, 0) is 37.9 Å². The normalized spacial score (nSPS) is 22.1. The van der Waals surface area contributed by atoms with Gasteiger partial charge in [0.1, 0.15) is 5.65 Å². The molecule has 0 bridgehead atoms. The molecule has 4 heterocycles. The van der Waals surface area contributed by atoms with Crippen LogP contribution in [0.2, 0.25) is 0 Å². The number of amides is 1. The number of aromatic nitrogens is 2. The average molecular weight is 358 g/mol. The van der Waals surface area contributed by atoms with Gasteiger partial charge in [0, 0.05) is 32.4 Å². The van der Waals surface area contributed by atoms with Crippen LogP contribution in [-0.2, 0) is 11.3 Å². The number of carbonyl (C=O) groups is 1. The van der Waals surface area contributed by atoms with Crippen molar-refractivity contribution in [3.05, 3.63) is 35.3 Å². The summed E-state index contributed by atoms with van der Waals surface area (Å²) in [6.07, 6.45) is 3.51. The van der Waals surface area contributed by atoms with Gasteiger partial charge in [0.25, 0.3) is 5.91 Å². The first-order valence-electron chi connectivity index (χ1n) is 9.37. The Hall–Kier alpha value is -1.96. The number of piperidine rings is 1. The number of β-amino-alcohol motifs (C(OH)–C–C–N with tert-alkyl or cyclic N) is 1. The lowest BCUT2D eigenvalue weighted by Gasteiger charge is -2.30. The average Bonchev–Trinajstić information content (AvgIpc) is 3.02. The largest absolute Gasteiger partial charge is 0.392 e. The minimum Gasteiger partial charge on any atom is -0.392 e. The quantitative estimate of drug-likeness (QED) is 0.889. The van der Waals surface area contributed by atoms with Crippen molar-refractivity contribution in [2.75, 3.05) is 39.4 Å². The molecule has 0 saturated carbocycles. The maximum absolute atomic E-state index is 13.1. The highest BCUT2D eigenvalue weighted by Crippen LogP contribution is 2.21. The molecule has 1 unspecified atom stereocenters. The van der Waals surface area contributed by atoms with Gasteiger partial charge in [0.2, 0.25) is 0 Å². The van der Waals surface area contributed by atoms with Crippen molar-refractivity contribution in [1.82, 2.24) is 19.2 Å². The summed E-state index contributed by atoms with van der Waals surface area (Å²) in [6.45, 7) is 6.57. The van der Waals surface area contributed by atoms with E-state index in [1.165, 1.54) is 0 Å². The van der Waals surface area contributed by atoms with Crippen molar-refractivity contribution in [3.8, 4) is 0 Å². The third kappa shape index (κ3) is 3.34. The maximum atomic E-state index is 13.1. The summed E-state index contributed by atoms with van der Waals surface area (Å²) in [4.78, 5) is 21.9. The van der Waals surface area contributed by atoms with Crippen LogP contribution in [0.4, 0.5) is 0 Å². The minimum absolute atomic E-state index is 0.0241. The second-order valence-electron chi connectivity index (χ2n) is 7.23. The zero-order chi connectivity index (χ0) is 18.1. The number of aliphatic hydroxyl groups is 1. The first kappa shape index (κ1) is 17.5. The van der Waals surface area contributed by atoms with E-state index in [0.29, 0.717) is 45.1 Å². The van der Waals surface area contributed by atoms with E-state index in [1.54, 1.807) is 0 Å². The summed E-state index contributed by atoms with van der Waals surface area (Å²) in [5, 5.41) is 9.99. The molecule has 0 aromatic carbocycles. The second-order valence-corrected chi connectivity index (χ2v) is 7.23.